The van der Waals surface area contributed by atoms with Gasteiger partial charge >= 0.3 is 0 Å². The van der Waals surface area contributed by atoms with E-state index >= 15 is 0 Å². The molecule has 136 valence electrons. The van der Waals surface area contributed by atoms with E-state index in [2.05, 4.69) is 53.2 Å². The van der Waals surface area contributed by atoms with E-state index in [1.807, 2.05) is 18.3 Å². The van der Waals surface area contributed by atoms with Crippen molar-refractivity contribution in [2.24, 2.45) is 0 Å². The highest BCUT2D eigenvalue weighted by Gasteiger charge is 2.10. The average Bonchev–Trinajstić information content (AvgIpc) is 3.14. The van der Waals surface area contributed by atoms with Gasteiger partial charge in [-0.3, -0.25) is 0 Å². The number of hydrogen-bond donors (Lipinski definition) is 1. The summed E-state index contributed by atoms with van der Waals surface area (Å²) in [6.45, 7) is 7.98. The van der Waals surface area contributed by atoms with Crippen LogP contribution in [0.1, 0.15) is 32.3 Å². The Hall–Kier alpha value is -2.47. The number of thiazole rings is 1. The van der Waals surface area contributed by atoms with Crippen molar-refractivity contribution in [3.05, 3.63) is 42.4 Å². The van der Waals surface area contributed by atoms with E-state index in [4.69, 9.17) is 4.74 Å². The zero-order valence-electron chi connectivity index (χ0n) is 15.5. The van der Waals surface area contributed by atoms with E-state index in [9.17, 15) is 0 Å². The van der Waals surface area contributed by atoms with Crippen molar-refractivity contribution in [3.63, 3.8) is 0 Å². The highest BCUT2D eigenvalue weighted by atomic mass is 32.1. The van der Waals surface area contributed by atoms with Gasteiger partial charge in [-0.1, -0.05) is 25.2 Å². The van der Waals surface area contributed by atoms with Crippen LogP contribution in [0.2, 0.25) is 0 Å². The monoisotopic (exact) mass is 368 g/mol. The fraction of sp³-hybridized carbons (Fsp3) is 0.350. The first-order chi connectivity index (χ1) is 12.7. The molecular weight excluding hydrogens is 344 g/mol. The smallest absolute Gasteiger partial charge is 0.183 e. The summed E-state index contributed by atoms with van der Waals surface area (Å²) in [5.41, 5.74) is 4.03. The van der Waals surface area contributed by atoms with Gasteiger partial charge in [0.25, 0.3) is 0 Å². The number of hydrogen-bond acceptors (Lipinski definition) is 6. The molecule has 0 unspecified atom stereocenters. The summed E-state index contributed by atoms with van der Waals surface area (Å²) in [6, 6.07) is 8.14. The van der Waals surface area contributed by atoms with Crippen molar-refractivity contribution >= 4 is 16.5 Å². The van der Waals surface area contributed by atoms with Crippen molar-refractivity contribution in [1.29, 1.82) is 0 Å². The summed E-state index contributed by atoms with van der Waals surface area (Å²) >= 11 is 1.61. The minimum absolute atomic E-state index is 0.732. The van der Waals surface area contributed by atoms with Crippen LogP contribution < -0.4 is 10.1 Å². The first-order valence-electron chi connectivity index (χ1n) is 8.97. The molecule has 0 aliphatic heterocycles. The van der Waals surface area contributed by atoms with Gasteiger partial charge in [0.1, 0.15) is 12.1 Å². The second kappa shape index (κ2) is 8.76. The molecule has 3 aromatic rings. The molecule has 0 radical (unpaired) electrons. The molecule has 0 aliphatic rings. The highest BCUT2D eigenvalue weighted by Crippen LogP contribution is 2.31. The Morgan fingerprint density at radius 3 is 2.65 bits per heavy atom. The maximum atomic E-state index is 5.71. The largest absolute Gasteiger partial charge is 0.494 e. The Bertz CT molecular complexity index is 863. The maximum absolute atomic E-state index is 5.71. The van der Waals surface area contributed by atoms with E-state index in [0.717, 1.165) is 64.3 Å². The van der Waals surface area contributed by atoms with Gasteiger partial charge in [-0.25, -0.2) is 15.0 Å². The van der Waals surface area contributed by atoms with Crippen molar-refractivity contribution in [3.8, 4) is 27.6 Å². The number of nitrogens with zero attached hydrogens (tertiary/aromatic N) is 3. The zero-order chi connectivity index (χ0) is 18.4. The molecule has 0 fully saturated rings. The first-order valence-corrected chi connectivity index (χ1v) is 9.78. The standard InChI is InChI=1S/C20H24N4OS/c1-4-8-21-20-22-12-19(26-20)18-11-17(23-13-24-18)16-7-6-15(10-14(16)3)25-9-5-2/h6-7,10-13H,4-5,8-9H2,1-3H3,(H,21,22). The van der Waals surface area contributed by atoms with E-state index < -0.39 is 0 Å². The van der Waals surface area contributed by atoms with Crippen molar-refractivity contribution in [2.75, 3.05) is 18.5 Å². The molecule has 2 aromatic heterocycles. The molecule has 0 amide bonds. The van der Waals surface area contributed by atoms with Crippen LogP contribution in [-0.4, -0.2) is 28.1 Å². The Morgan fingerprint density at radius 2 is 1.88 bits per heavy atom. The number of anilines is 1. The molecule has 0 bridgehead atoms. The predicted octanol–water partition coefficient (Wildman–Crippen LogP) is 5.19. The Balaban J connectivity index is 1.84. The normalized spacial score (nSPS) is 10.7. The van der Waals surface area contributed by atoms with Gasteiger partial charge in [0, 0.05) is 18.3 Å². The van der Waals surface area contributed by atoms with Crippen LogP contribution in [0.3, 0.4) is 0 Å². The van der Waals surface area contributed by atoms with Crippen LogP contribution in [0.4, 0.5) is 5.13 Å². The molecule has 0 atom stereocenters. The van der Waals surface area contributed by atoms with Gasteiger partial charge in [-0.05, 0) is 49.6 Å². The zero-order valence-corrected chi connectivity index (χ0v) is 16.3. The number of rotatable bonds is 8. The quantitative estimate of drug-likeness (QED) is 0.593. The SMILES string of the molecule is CCCNc1ncc(-c2cc(-c3ccc(OCCC)cc3C)ncn2)s1. The van der Waals surface area contributed by atoms with Crippen LogP contribution in [0, 0.1) is 6.92 Å². The van der Waals surface area contributed by atoms with E-state index in [1.54, 1.807) is 17.7 Å². The number of aryl methyl sites for hydroxylation is 1. The van der Waals surface area contributed by atoms with Gasteiger partial charge < -0.3 is 10.1 Å². The molecule has 1 aromatic carbocycles. The number of ether oxygens (including phenoxy) is 1. The number of nitrogens with one attached hydrogen (secondary N) is 1. The Kier molecular flexibility index (Phi) is 6.17. The Labute approximate surface area is 158 Å². The van der Waals surface area contributed by atoms with Crippen molar-refractivity contribution < 1.29 is 4.74 Å². The van der Waals surface area contributed by atoms with E-state index in [0.29, 0.717) is 0 Å². The van der Waals surface area contributed by atoms with Crippen LogP contribution in [0.25, 0.3) is 21.8 Å². The van der Waals surface area contributed by atoms with Crippen molar-refractivity contribution in [2.45, 2.75) is 33.6 Å². The summed E-state index contributed by atoms with van der Waals surface area (Å²) < 4.78 is 5.71. The molecule has 26 heavy (non-hydrogen) atoms. The summed E-state index contributed by atoms with van der Waals surface area (Å²) in [4.78, 5) is 14.3. The predicted molar refractivity (Wildman–Crippen MR) is 108 cm³/mol. The molecule has 0 aliphatic carbocycles. The molecule has 0 spiro atoms. The molecule has 0 saturated heterocycles. The van der Waals surface area contributed by atoms with Gasteiger partial charge in [-0.15, -0.1) is 0 Å². The minimum atomic E-state index is 0.732. The third kappa shape index (κ3) is 4.38. The highest BCUT2D eigenvalue weighted by molar-refractivity contribution is 7.18. The van der Waals surface area contributed by atoms with Crippen molar-refractivity contribution in [1.82, 2.24) is 15.0 Å². The summed E-state index contributed by atoms with van der Waals surface area (Å²) in [5, 5.41) is 4.24. The lowest BCUT2D eigenvalue weighted by Crippen LogP contribution is -1.97. The van der Waals surface area contributed by atoms with Crippen LogP contribution in [-0.2, 0) is 0 Å². The second-order valence-electron chi connectivity index (χ2n) is 6.07. The molecule has 1 N–H and O–H groups in total. The molecule has 2 heterocycles. The molecular formula is C20H24N4OS. The maximum Gasteiger partial charge on any atom is 0.183 e. The average molecular weight is 369 g/mol. The van der Waals surface area contributed by atoms with Gasteiger partial charge in [0.05, 0.1) is 22.9 Å². The molecule has 0 saturated carbocycles. The van der Waals surface area contributed by atoms with E-state index in [1.165, 1.54) is 0 Å². The van der Waals surface area contributed by atoms with Gasteiger partial charge in [0.2, 0.25) is 0 Å². The van der Waals surface area contributed by atoms with E-state index in [-0.39, 0.29) is 0 Å². The lowest BCUT2D eigenvalue weighted by Gasteiger charge is -2.10. The molecule has 5 nitrogen and oxygen atoms in total. The fourth-order valence-electron chi connectivity index (χ4n) is 2.58. The second-order valence-corrected chi connectivity index (χ2v) is 7.10. The third-order valence-electron chi connectivity index (χ3n) is 3.90. The summed E-state index contributed by atoms with van der Waals surface area (Å²) in [5.74, 6) is 0.900. The Morgan fingerprint density at radius 1 is 1.04 bits per heavy atom. The molecule has 6 heteroatoms. The van der Waals surface area contributed by atoms with Crippen LogP contribution in [0.5, 0.6) is 5.75 Å². The lowest BCUT2D eigenvalue weighted by molar-refractivity contribution is 0.317. The van der Waals surface area contributed by atoms with Gasteiger partial charge in [0.15, 0.2) is 5.13 Å². The topological polar surface area (TPSA) is 59.9 Å². The third-order valence-corrected chi connectivity index (χ3v) is 4.88. The van der Waals surface area contributed by atoms with Crippen LogP contribution in [0.15, 0.2) is 36.8 Å². The first kappa shape index (κ1) is 18.3. The van der Waals surface area contributed by atoms with Gasteiger partial charge in [-0.2, -0.15) is 0 Å². The summed E-state index contributed by atoms with van der Waals surface area (Å²) in [7, 11) is 0. The molecule has 3 rings (SSSR count). The minimum Gasteiger partial charge on any atom is -0.494 e. The summed E-state index contributed by atoms with van der Waals surface area (Å²) in [6.07, 6.45) is 5.55. The fourth-order valence-corrected chi connectivity index (χ4v) is 3.39. The number of benzene rings is 1. The number of aromatic nitrogens is 3. The lowest BCUT2D eigenvalue weighted by atomic mass is 10.0. The van der Waals surface area contributed by atoms with Crippen LogP contribution >= 0.6 is 11.3 Å².